The average Bonchev–Trinajstić information content (AvgIpc) is 2.93. The molecule has 152 valence electrons. The zero-order chi connectivity index (χ0) is 20.5. The normalized spacial score (nSPS) is 21.2. The van der Waals surface area contributed by atoms with E-state index in [2.05, 4.69) is 24.4 Å². The van der Waals surface area contributed by atoms with E-state index in [0.717, 1.165) is 12.2 Å². The highest BCUT2D eigenvalue weighted by atomic mass is 28.4. The van der Waals surface area contributed by atoms with Gasteiger partial charge in [0.15, 0.2) is 14.1 Å². The minimum atomic E-state index is -1.77. The summed E-state index contributed by atoms with van der Waals surface area (Å²) in [6.07, 6.45) is 8.84. The second-order valence-corrected chi connectivity index (χ2v) is 11.8. The van der Waals surface area contributed by atoms with Gasteiger partial charge in [0.2, 0.25) is 0 Å². The number of esters is 2. The third kappa shape index (κ3) is 10.2. The Labute approximate surface area is 162 Å². The van der Waals surface area contributed by atoms with Crippen LogP contribution in [0.25, 0.3) is 0 Å². The molecule has 2 atom stereocenters. The molecule has 1 rings (SSSR count). The predicted molar refractivity (Wildman–Crippen MR) is 104 cm³/mol. The summed E-state index contributed by atoms with van der Waals surface area (Å²) in [5.41, 5.74) is 0. The van der Waals surface area contributed by atoms with Crippen LogP contribution in [0.4, 0.5) is 0 Å². The van der Waals surface area contributed by atoms with Crippen LogP contribution in [0.2, 0.25) is 19.6 Å². The van der Waals surface area contributed by atoms with Crippen LogP contribution < -0.4 is 0 Å². The molecule has 1 aliphatic heterocycles. The number of methoxy groups -OCH3 is 1. The van der Waals surface area contributed by atoms with Crippen molar-refractivity contribution in [3.8, 4) is 0 Å². The average molecular weight is 399 g/mol. The lowest BCUT2D eigenvalue weighted by atomic mass is 10.2. The molecule has 1 fully saturated rings. The number of allylic oxidation sites excluding steroid dienone is 2. The molecule has 0 aliphatic carbocycles. The van der Waals surface area contributed by atoms with E-state index in [1.807, 2.05) is 26.0 Å². The van der Waals surface area contributed by atoms with Gasteiger partial charge in [-0.1, -0.05) is 18.2 Å². The zero-order valence-corrected chi connectivity index (χ0v) is 17.9. The maximum atomic E-state index is 11.4. The SMILES string of the molecule is COC(=O)/C=C\C(=O)OC/C=C/C=C/[C@H](O[Si](C)(C)C)[C@@H]1COC(C)(C)O1. The van der Waals surface area contributed by atoms with Gasteiger partial charge in [-0.15, -0.1) is 0 Å². The molecule has 27 heavy (non-hydrogen) atoms. The lowest BCUT2D eigenvalue weighted by Crippen LogP contribution is -2.39. The summed E-state index contributed by atoms with van der Waals surface area (Å²) in [7, 11) is -0.540. The molecular weight excluding hydrogens is 368 g/mol. The number of ether oxygens (including phenoxy) is 4. The van der Waals surface area contributed by atoms with Gasteiger partial charge < -0.3 is 23.4 Å². The molecule has 7 nitrogen and oxygen atoms in total. The van der Waals surface area contributed by atoms with Gasteiger partial charge >= 0.3 is 11.9 Å². The number of carbonyl (C=O) groups is 2. The van der Waals surface area contributed by atoms with Crippen LogP contribution in [0.15, 0.2) is 36.5 Å². The van der Waals surface area contributed by atoms with Crippen molar-refractivity contribution >= 4 is 20.3 Å². The molecule has 1 aliphatic rings. The third-order valence-electron chi connectivity index (χ3n) is 3.31. The second-order valence-electron chi connectivity index (χ2n) is 7.36. The maximum absolute atomic E-state index is 11.4. The smallest absolute Gasteiger partial charge is 0.331 e. The topological polar surface area (TPSA) is 80.3 Å². The molecule has 0 aromatic carbocycles. The van der Waals surface area contributed by atoms with E-state index in [0.29, 0.717) is 6.61 Å². The van der Waals surface area contributed by atoms with Crippen molar-refractivity contribution in [1.82, 2.24) is 0 Å². The van der Waals surface area contributed by atoms with Gasteiger partial charge in [0, 0.05) is 12.2 Å². The standard InChI is InChI=1S/C19H30O7Si/c1-19(2)24-14-16(25-19)15(26-27(4,5)6)10-8-7-9-13-23-18(21)12-11-17(20)22-3/h7-12,15-16H,13-14H2,1-6H3/b9-7+,10-8+,12-11-/t15-,16-/m0/s1. The molecular formula is C19H30O7Si. The Morgan fingerprint density at radius 3 is 2.41 bits per heavy atom. The number of hydrogen-bond acceptors (Lipinski definition) is 7. The maximum Gasteiger partial charge on any atom is 0.331 e. The highest BCUT2D eigenvalue weighted by Crippen LogP contribution is 2.27. The van der Waals surface area contributed by atoms with Gasteiger partial charge in [-0.2, -0.15) is 0 Å². The molecule has 0 spiro atoms. The number of rotatable bonds is 9. The molecule has 0 N–H and O–H groups in total. The summed E-state index contributed by atoms with van der Waals surface area (Å²) >= 11 is 0. The summed E-state index contributed by atoms with van der Waals surface area (Å²) in [6, 6.07) is 0. The molecule has 0 aromatic rings. The fraction of sp³-hybridized carbons (Fsp3) is 0.579. The highest BCUT2D eigenvalue weighted by Gasteiger charge is 2.38. The van der Waals surface area contributed by atoms with E-state index in [9.17, 15) is 9.59 Å². The molecule has 0 radical (unpaired) electrons. The Balaban J connectivity index is 2.52. The van der Waals surface area contributed by atoms with Crippen LogP contribution in [0.5, 0.6) is 0 Å². The minimum Gasteiger partial charge on any atom is -0.466 e. The van der Waals surface area contributed by atoms with E-state index >= 15 is 0 Å². The van der Waals surface area contributed by atoms with Crippen molar-refractivity contribution < 1.29 is 33.0 Å². The van der Waals surface area contributed by atoms with Crippen LogP contribution in [0, 0.1) is 0 Å². The molecule has 0 bridgehead atoms. The van der Waals surface area contributed by atoms with Crippen molar-refractivity contribution in [2.75, 3.05) is 20.3 Å². The summed E-state index contributed by atoms with van der Waals surface area (Å²) in [5, 5.41) is 0. The Morgan fingerprint density at radius 2 is 1.85 bits per heavy atom. The fourth-order valence-electron chi connectivity index (χ4n) is 2.21. The summed E-state index contributed by atoms with van der Waals surface area (Å²) in [6.45, 7) is 10.7. The van der Waals surface area contributed by atoms with Gasteiger partial charge in [-0.25, -0.2) is 9.59 Å². The summed E-state index contributed by atoms with van der Waals surface area (Å²) in [5.74, 6) is -1.84. The lowest BCUT2D eigenvalue weighted by molar-refractivity contribution is -0.146. The van der Waals surface area contributed by atoms with Crippen molar-refractivity contribution in [3.05, 3.63) is 36.5 Å². The first-order valence-electron chi connectivity index (χ1n) is 8.78. The van der Waals surface area contributed by atoms with Crippen molar-refractivity contribution in [2.24, 2.45) is 0 Å². The molecule has 0 amide bonds. The monoisotopic (exact) mass is 398 g/mol. The van der Waals surface area contributed by atoms with E-state index in [1.165, 1.54) is 7.11 Å². The number of hydrogen-bond donors (Lipinski definition) is 0. The van der Waals surface area contributed by atoms with E-state index in [1.54, 1.807) is 12.2 Å². The molecule has 1 heterocycles. The molecule has 0 unspecified atom stereocenters. The first-order valence-corrected chi connectivity index (χ1v) is 12.2. The Kier molecular flexibility index (Phi) is 9.11. The first-order chi connectivity index (χ1) is 12.5. The van der Waals surface area contributed by atoms with Crippen LogP contribution in [-0.4, -0.2) is 58.6 Å². The summed E-state index contributed by atoms with van der Waals surface area (Å²) in [4.78, 5) is 22.3. The minimum absolute atomic E-state index is 0.0876. The molecule has 1 saturated heterocycles. The Hall–Kier alpha value is -1.74. The Morgan fingerprint density at radius 1 is 1.19 bits per heavy atom. The van der Waals surface area contributed by atoms with Crippen molar-refractivity contribution in [2.45, 2.75) is 51.5 Å². The largest absolute Gasteiger partial charge is 0.466 e. The van der Waals surface area contributed by atoms with E-state index in [-0.39, 0.29) is 18.8 Å². The molecule has 0 aromatic heterocycles. The van der Waals surface area contributed by atoms with Gasteiger partial charge in [-0.05, 0) is 39.6 Å². The predicted octanol–water partition coefficient (Wildman–Crippen LogP) is 2.74. The lowest BCUT2D eigenvalue weighted by Gasteiger charge is -2.28. The molecule has 0 saturated carbocycles. The van der Waals surface area contributed by atoms with Crippen molar-refractivity contribution in [1.29, 1.82) is 0 Å². The van der Waals surface area contributed by atoms with E-state index in [4.69, 9.17) is 18.6 Å². The first kappa shape index (κ1) is 23.3. The highest BCUT2D eigenvalue weighted by molar-refractivity contribution is 6.69. The number of carbonyl (C=O) groups excluding carboxylic acids is 2. The van der Waals surface area contributed by atoms with Crippen molar-refractivity contribution in [3.63, 3.8) is 0 Å². The van der Waals surface area contributed by atoms with Gasteiger partial charge in [-0.3, -0.25) is 0 Å². The van der Waals surface area contributed by atoms with Gasteiger partial charge in [0.1, 0.15) is 12.7 Å². The zero-order valence-electron chi connectivity index (χ0n) is 16.9. The van der Waals surface area contributed by atoms with Gasteiger partial charge in [0.05, 0.1) is 19.8 Å². The summed E-state index contributed by atoms with van der Waals surface area (Å²) < 4.78 is 27.1. The van der Waals surface area contributed by atoms with Crippen LogP contribution in [0.3, 0.4) is 0 Å². The quantitative estimate of drug-likeness (QED) is 0.256. The second kappa shape index (κ2) is 10.6. The third-order valence-corrected chi connectivity index (χ3v) is 4.29. The van der Waals surface area contributed by atoms with Crippen LogP contribution in [0.1, 0.15) is 13.8 Å². The van der Waals surface area contributed by atoms with Crippen LogP contribution in [-0.2, 0) is 33.0 Å². The van der Waals surface area contributed by atoms with Gasteiger partial charge in [0.25, 0.3) is 0 Å². The van der Waals surface area contributed by atoms with E-state index < -0.39 is 26.0 Å². The Bertz CT molecular complexity index is 587. The van der Waals surface area contributed by atoms with Crippen LogP contribution >= 0.6 is 0 Å². The molecule has 8 heteroatoms. The fourth-order valence-corrected chi connectivity index (χ4v) is 3.26.